The van der Waals surface area contributed by atoms with E-state index in [-0.39, 0.29) is 48.2 Å². The number of morpholine rings is 1. The van der Waals surface area contributed by atoms with Crippen LogP contribution in [0.4, 0.5) is 14.5 Å². The van der Waals surface area contributed by atoms with E-state index in [1.54, 1.807) is 0 Å². The largest absolute Gasteiger partial charge is 0.495 e. The number of nitrogens with zero attached hydrogens (tertiary/aromatic N) is 1. The fraction of sp³-hybridized carbons (Fsp3) is 0.278. The van der Waals surface area contributed by atoms with Crippen LogP contribution in [0.1, 0.15) is 10.4 Å². The van der Waals surface area contributed by atoms with Crippen molar-refractivity contribution in [3.8, 4) is 5.75 Å². The molecule has 1 fully saturated rings. The molecule has 1 N–H and O–H groups in total. The molecular formula is C18H18F2N2O5S. The zero-order valence-corrected chi connectivity index (χ0v) is 15.8. The van der Waals surface area contributed by atoms with Crippen LogP contribution in [0.2, 0.25) is 0 Å². The molecule has 1 saturated heterocycles. The molecule has 0 unspecified atom stereocenters. The van der Waals surface area contributed by atoms with Gasteiger partial charge in [0, 0.05) is 30.4 Å². The summed E-state index contributed by atoms with van der Waals surface area (Å²) in [5.74, 6) is -2.45. The maximum absolute atomic E-state index is 13.3. The first-order valence-electron chi connectivity index (χ1n) is 8.34. The van der Waals surface area contributed by atoms with Gasteiger partial charge in [-0.1, -0.05) is 0 Å². The minimum absolute atomic E-state index is 0.112. The number of methoxy groups -OCH3 is 1. The standard InChI is InChI=1S/C18H18F2N2O5S/c1-26-16-3-2-15(21-18(23)12-8-13(19)10-14(20)9-12)11-17(16)28(24,25)22-4-6-27-7-5-22/h2-3,8-11H,4-7H2,1H3,(H,21,23). The van der Waals surface area contributed by atoms with Gasteiger partial charge in [-0.15, -0.1) is 0 Å². The fourth-order valence-electron chi connectivity index (χ4n) is 2.77. The van der Waals surface area contributed by atoms with Gasteiger partial charge in [0.1, 0.15) is 22.3 Å². The third-order valence-electron chi connectivity index (χ3n) is 4.13. The summed E-state index contributed by atoms with van der Waals surface area (Å²) in [7, 11) is -2.55. The lowest BCUT2D eigenvalue weighted by Crippen LogP contribution is -2.40. The van der Waals surface area contributed by atoms with Gasteiger partial charge in [0.05, 0.1) is 20.3 Å². The molecule has 2 aromatic rings. The van der Waals surface area contributed by atoms with Gasteiger partial charge < -0.3 is 14.8 Å². The van der Waals surface area contributed by atoms with Gasteiger partial charge in [-0.25, -0.2) is 17.2 Å². The first-order valence-corrected chi connectivity index (χ1v) is 9.78. The third-order valence-corrected chi connectivity index (χ3v) is 6.05. The normalized spacial score (nSPS) is 15.2. The first-order chi connectivity index (χ1) is 13.3. The molecule has 1 aliphatic heterocycles. The summed E-state index contributed by atoms with van der Waals surface area (Å²) in [6.45, 7) is 0.960. The highest BCUT2D eigenvalue weighted by atomic mass is 32.2. The van der Waals surface area contributed by atoms with E-state index in [1.165, 1.54) is 29.6 Å². The average Bonchev–Trinajstić information content (AvgIpc) is 2.68. The van der Waals surface area contributed by atoms with Crippen LogP contribution in [0.5, 0.6) is 5.75 Å². The fourth-order valence-corrected chi connectivity index (χ4v) is 4.36. The summed E-state index contributed by atoms with van der Waals surface area (Å²) in [6.07, 6.45) is 0. The zero-order valence-electron chi connectivity index (χ0n) is 14.9. The molecule has 1 aliphatic rings. The number of carbonyl (C=O) groups excluding carboxylic acids is 1. The van der Waals surface area contributed by atoms with Crippen LogP contribution in [-0.4, -0.2) is 52.0 Å². The van der Waals surface area contributed by atoms with Crippen molar-refractivity contribution in [2.45, 2.75) is 4.90 Å². The predicted octanol–water partition coefficient (Wildman–Crippen LogP) is 2.25. The molecule has 0 aromatic heterocycles. The molecule has 10 heteroatoms. The zero-order chi connectivity index (χ0) is 20.3. The van der Waals surface area contributed by atoms with E-state index in [1.807, 2.05) is 0 Å². The smallest absolute Gasteiger partial charge is 0.255 e. The summed E-state index contributed by atoms with van der Waals surface area (Å²) >= 11 is 0. The molecule has 1 heterocycles. The van der Waals surface area contributed by atoms with Crippen LogP contribution in [-0.2, 0) is 14.8 Å². The van der Waals surface area contributed by atoms with Crippen LogP contribution >= 0.6 is 0 Å². The first kappa shape index (κ1) is 20.2. The predicted molar refractivity (Wildman–Crippen MR) is 96.9 cm³/mol. The van der Waals surface area contributed by atoms with E-state index in [4.69, 9.17) is 9.47 Å². The number of nitrogens with one attached hydrogen (secondary N) is 1. The average molecular weight is 412 g/mol. The van der Waals surface area contributed by atoms with Gasteiger partial charge in [0.2, 0.25) is 10.0 Å². The van der Waals surface area contributed by atoms with Gasteiger partial charge in [-0.05, 0) is 30.3 Å². The number of sulfonamides is 1. The molecule has 0 radical (unpaired) electrons. The highest BCUT2D eigenvalue weighted by Gasteiger charge is 2.29. The lowest BCUT2D eigenvalue weighted by molar-refractivity contribution is 0.0729. The Morgan fingerprint density at radius 2 is 1.75 bits per heavy atom. The van der Waals surface area contributed by atoms with Crippen LogP contribution in [0.15, 0.2) is 41.3 Å². The monoisotopic (exact) mass is 412 g/mol. The number of rotatable bonds is 5. The molecule has 7 nitrogen and oxygen atoms in total. The van der Waals surface area contributed by atoms with E-state index in [9.17, 15) is 22.0 Å². The highest BCUT2D eigenvalue weighted by Crippen LogP contribution is 2.30. The number of hydrogen-bond acceptors (Lipinski definition) is 5. The molecule has 3 rings (SSSR count). The van der Waals surface area contributed by atoms with Crippen LogP contribution in [0.25, 0.3) is 0 Å². The Balaban J connectivity index is 1.91. The van der Waals surface area contributed by atoms with Gasteiger partial charge >= 0.3 is 0 Å². The third kappa shape index (κ3) is 4.29. The molecule has 2 aromatic carbocycles. The Bertz CT molecular complexity index is 971. The number of amides is 1. The quantitative estimate of drug-likeness (QED) is 0.814. The van der Waals surface area contributed by atoms with Crippen LogP contribution in [0, 0.1) is 11.6 Å². The molecule has 0 saturated carbocycles. The van der Waals surface area contributed by atoms with E-state index in [2.05, 4.69) is 5.32 Å². The van der Waals surface area contributed by atoms with Crippen molar-refractivity contribution in [3.63, 3.8) is 0 Å². The summed E-state index contributed by atoms with van der Waals surface area (Å²) in [4.78, 5) is 12.2. The summed E-state index contributed by atoms with van der Waals surface area (Å²) in [6, 6.07) is 6.49. The van der Waals surface area contributed by atoms with Gasteiger partial charge in [0.25, 0.3) is 5.91 Å². The number of ether oxygens (including phenoxy) is 2. The SMILES string of the molecule is COc1ccc(NC(=O)c2cc(F)cc(F)c2)cc1S(=O)(=O)N1CCOCC1. The van der Waals surface area contributed by atoms with Crippen molar-refractivity contribution in [1.82, 2.24) is 4.31 Å². The maximum Gasteiger partial charge on any atom is 0.255 e. The molecule has 0 aliphatic carbocycles. The lowest BCUT2D eigenvalue weighted by atomic mass is 10.2. The molecule has 28 heavy (non-hydrogen) atoms. The molecule has 150 valence electrons. The number of hydrogen-bond donors (Lipinski definition) is 1. The Labute approximate surface area is 160 Å². The van der Waals surface area contributed by atoms with E-state index >= 15 is 0 Å². The minimum atomic E-state index is -3.88. The van der Waals surface area contributed by atoms with E-state index < -0.39 is 27.6 Å². The number of benzene rings is 2. The van der Waals surface area contributed by atoms with Crippen molar-refractivity contribution >= 4 is 21.6 Å². The summed E-state index contributed by atoms with van der Waals surface area (Å²) in [5, 5.41) is 2.44. The molecule has 0 spiro atoms. The number of halogens is 2. The van der Waals surface area contributed by atoms with Crippen molar-refractivity contribution < 1.29 is 31.5 Å². The highest BCUT2D eigenvalue weighted by molar-refractivity contribution is 7.89. The second kappa shape index (κ2) is 8.21. The second-order valence-electron chi connectivity index (χ2n) is 5.99. The topological polar surface area (TPSA) is 84.9 Å². The lowest BCUT2D eigenvalue weighted by Gasteiger charge is -2.26. The van der Waals surface area contributed by atoms with Crippen LogP contribution in [0.3, 0.4) is 0 Å². The van der Waals surface area contributed by atoms with Crippen LogP contribution < -0.4 is 10.1 Å². The van der Waals surface area contributed by atoms with E-state index in [0.717, 1.165) is 12.1 Å². The van der Waals surface area contributed by atoms with Crippen molar-refractivity contribution in [1.29, 1.82) is 0 Å². The van der Waals surface area contributed by atoms with Gasteiger partial charge in [-0.2, -0.15) is 4.31 Å². The molecule has 0 atom stereocenters. The Morgan fingerprint density at radius 3 is 2.36 bits per heavy atom. The Morgan fingerprint density at radius 1 is 1.11 bits per heavy atom. The number of anilines is 1. The molecule has 0 bridgehead atoms. The Hall–Kier alpha value is -2.56. The number of carbonyl (C=O) groups is 1. The second-order valence-corrected chi connectivity index (χ2v) is 7.90. The summed E-state index contributed by atoms with van der Waals surface area (Å²) in [5.41, 5.74) is -0.0896. The van der Waals surface area contributed by atoms with Crippen molar-refractivity contribution in [2.75, 3.05) is 38.7 Å². The maximum atomic E-state index is 13.3. The molecular weight excluding hydrogens is 394 g/mol. The van der Waals surface area contributed by atoms with Gasteiger partial charge in [0.15, 0.2) is 0 Å². The Kier molecular flexibility index (Phi) is 5.92. The summed E-state index contributed by atoms with van der Waals surface area (Å²) < 4.78 is 64.1. The van der Waals surface area contributed by atoms with E-state index in [0.29, 0.717) is 6.07 Å². The van der Waals surface area contributed by atoms with Crippen molar-refractivity contribution in [3.05, 3.63) is 53.6 Å². The van der Waals surface area contributed by atoms with Gasteiger partial charge in [-0.3, -0.25) is 4.79 Å². The molecule has 1 amide bonds. The minimum Gasteiger partial charge on any atom is -0.495 e. The van der Waals surface area contributed by atoms with Crippen molar-refractivity contribution in [2.24, 2.45) is 0 Å².